The Labute approximate surface area is 400 Å². The van der Waals surface area contributed by atoms with Crippen LogP contribution in [0.5, 0.6) is 0 Å². The topological polar surface area (TPSA) is 351 Å². The van der Waals surface area contributed by atoms with Gasteiger partial charge in [-0.3, -0.25) is 14.4 Å². The molecule has 0 bridgehead atoms. The van der Waals surface area contributed by atoms with Crippen LogP contribution in [0.25, 0.3) is 10.4 Å². The minimum atomic E-state index is -1.82. The lowest BCUT2D eigenvalue weighted by Crippen LogP contribution is -2.53. The number of hydrogen-bond donors (Lipinski definition) is 7. The molecule has 3 fully saturated rings. The molecule has 9 N–H and O–H groups in total. The molecule has 3 rings (SSSR count). The Morgan fingerprint density at radius 3 is 1.03 bits per heavy atom. The van der Waals surface area contributed by atoms with Crippen molar-refractivity contribution in [2.24, 2.45) is 34.3 Å². The molecule has 0 aromatic carbocycles. The smallest absolute Gasteiger partial charge is 0.414 e. The Morgan fingerprint density at radius 2 is 0.779 bits per heavy atom. The highest BCUT2D eigenvalue weighted by molar-refractivity contribution is 6.27. The lowest BCUT2D eigenvalue weighted by atomic mass is 9.82. The molecule has 3 aliphatic carbocycles. The fourth-order valence-electron chi connectivity index (χ4n) is 7.38. The van der Waals surface area contributed by atoms with E-state index in [0.717, 1.165) is 25.7 Å². The first-order valence-corrected chi connectivity index (χ1v) is 22.6. The number of hydrogen-bond acceptors (Lipinski definition) is 14. The van der Waals surface area contributed by atoms with Gasteiger partial charge in [0.05, 0.1) is 6.04 Å². The van der Waals surface area contributed by atoms with Gasteiger partial charge in [0, 0.05) is 95.2 Å². The first-order valence-electron chi connectivity index (χ1n) is 22.6. The Bertz CT molecular complexity index is 1670. The second kappa shape index (κ2) is 28.0. The Hall–Kier alpha value is -5.61. The van der Waals surface area contributed by atoms with E-state index in [9.17, 15) is 28.8 Å². The molecule has 0 radical (unpaired) electrons. The maximum absolute atomic E-state index is 12.1. The summed E-state index contributed by atoms with van der Waals surface area (Å²) in [5.41, 5.74) is 19.0. The van der Waals surface area contributed by atoms with Gasteiger partial charge < -0.3 is 66.5 Å². The molecule has 24 heteroatoms. The van der Waals surface area contributed by atoms with Crippen molar-refractivity contribution < 1.29 is 62.8 Å². The average Bonchev–Trinajstić information content (AvgIpc) is 3.18. The maximum atomic E-state index is 12.1. The van der Waals surface area contributed by atoms with Gasteiger partial charge in [0.2, 0.25) is 17.7 Å². The highest BCUT2D eigenvalue weighted by atomic mass is 16.6. The first kappa shape index (κ1) is 62.4. The predicted molar refractivity (Wildman–Crippen MR) is 252 cm³/mol. The van der Waals surface area contributed by atoms with Crippen LogP contribution in [0.15, 0.2) is 5.11 Å². The summed E-state index contributed by atoms with van der Waals surface area (Å²) in [6.07, 6.45) is 4.27. The van der Waals surface area contributed by atoms with E-state index < -0.39 is 53.1 Å². The van der Waals surface area contributed by atoms with Crippen LogP contribution in [-0.4, -0.2) is 168 Å². The third-order valence-electron chi connectivity index (χ3n) is 10.5. The quantitative estimate of drug-likeness (QED) is 0.0627. The van der Waals surface area contributed by atoms with Crippen LogP contribution in [-0.2, 0) is 38.2 Å². The largest absolute Gasteiger partial charge is 0.473 e. The molecule has 3 saturated carbocycles. The van der Waals surface area contributed by atoms with Crippen LogP contribution in [0.4, 0.5) is 14.4 Å². The van der Waals surface area contributed by atoms with Crippen LogP contribution in [0.3, 0.4) is 0 Å². The summed E-state index contributed by atoms with van der Waals surface area (Å²) < 4.78 is 15.7. The molecule has 0 aromatic heterocycles. The number of azide groups is 1. The number of carbonyl (C=O) groups excluding carboxylic acids is 6. The molecule has 3 aliphatic rings. The number of ether oxygens (including phenoxy) is 3. The highest BCUT2D eigenvalue weighted by Gasteiger charge is 2.37. The van der Waals surface area contributed by atoms with Gasteiger partial charge in [0.25, 0.3) is 0 Å². The fraction of sp³-hybridized carbons (Fsp3) is 0.818. The summed E-state index contributed by atoms with van der Waals surface area (Å²) in [5.74, 6) is -3.78. The van der Waals surface area contributed by atoms with Gasteiger partial charge in [0.1, 0.15) is 16.8 Å². The summed E-state index contributed by atoms with van der Waals surface area (Å²) in [6, 6.07) is -1.44. The summed E-state index contributed by atoms with van der Waals surface area (Å²) >= 11 is 0. The van der Waals surface area contributed by atoms with Crippen molar-refractivity contribution in [3.05, 3.63) is 10.4 Å². The van der Waals surface area contributed by atoms with Crippen molar-refractivity contribution in [1.82, 2.24) is 30.7 Å². The second-order valence-corrected chi connectivity index (χ2v) is 20.7. The Balaban J connectivity index is 0.000000933. The number of carboxylic acids is 2. The third-order valence-corrected chi connectivity index (χ3v) is 10.5. The van der Waals surface area contributed by atoms with Crippen LogP contribution in [0, 0.1) is 17.8 Å². The normalized spacial score (nSPS) is 24.5. The number of nitrogens with one attached hydrogen (secondary N) is 3. The van der Waals surface area contributed by atoms with E-state index >= 15 is 0 Å². The molecule has 390 valence electrons. The molecule has 0 unspecified atom stereocenters. The molecule has 0 aromatic rings. The zero-order valence-corrected chi connectivity index (χ0v) is 42.8. The summed E-state index contributed by atoms with van der Waals surface area (Å²) in [7, 11) is 10.4. The van der Waals surface area contributed by atoms with Crippen molar-refractivity contribution in [3.8, 4) is 0 Å². The molecule has 0 aliphatic heterocycles. The van der Waals surface area contributed by atoms with E-state index in [2.05, 4.69) is 26.0 Å². The average molecular weight is 972 g/mol. The van der Waals surface area contributed by atoms with E-state index in [1.54, 1.807) is 77.8 Å². The predicted octanol–water partition coefficient (Wildman–Crippen LogP) is 3.79. The SMILES string of the molecule is CN(C)C(=O)[C@H]1CC[C@@H](N)[C@H](NC(=O)OC(C)(C)C)C1.CN(C)C(=O)[C@H]1CC[C@@H](N)[C@H](NC(=O)OC(C)(C)C)C1.CN(C)C(=O)[C@H]1CC[C@@H](N=[N+]=[N-])[C@H](NC(=O)OC(C)(C)C)C1.O=C(O)C(=O)O. The van der Waals surface area contributed by atoms with Crippen molar-refractivity contribution >= 4 is 47.9 Å². The number of aliphatic carboxylic acids is 2. The van der Waals surface area contributed by atoms with Gasteiger partial charge in [-0.15, -0.1) is 0 Å². The summed E-state index contributed by atoms with van der Waals surface area (Å²) in [4.78, 5) is 97.4. The van der Waals surface area contributed by atoms with Crippen molar-refractivity contribution in [1.29, 1.82) is 0 Å². The molecule has 24 nitrogen and oxygen atoms in total. The minimum absolute atomic E-state index is 0.0235. The molecule has 9 atom stereocenters. The van der Waals surface area contributed by atoms with E-state index in [-0.39, 0.29) is 65.7 Å². The second-order valence-electron chi connectivity index (χ2n) is 20.7. The van der Waals surface area contributed by atoms with E-state index in [0.29, 0.717) is 32.1 Å². The monoisotopic (exact) mass is 972 g/mol. The molecular weight excluding hydrogens is 891 g/mol. The van der Waals surface area contributed by atoms with Gasteiger partial charge in [-0.25, -0.2) is 24.0 Å². The van der Waals surface area contributed by atoms with Gasteiger partial charge >= 0.3 is 30.2 Å². The molecule has 68 heavy (non-hydrogen) atoms. The standard InChI is InChI=1S/C14H25N5O3.2C14H27N3O3.C2H2O4/c1-14(2,3)22-13(21)16-11-8-9(12(20)19(4)5)6-7-10(11)17-18-15;2*1-14(2,3)20-13(19)16-11-8-9(6-7-10(11)15)12(18)17(4)5;3-1(4)2(5)6/h9-11H,6-8H2,1-5H3,(H,16,21);2*9-11H,6-8,15H2,1-5H3,(H,16,19);(H,3,4)(H,5,6)/t3*9-,10+,11+;/m000./s1. The van der Waals surface area contributed by atoms with Crippen LogP contribution >= 0.6 is 0 Å². The number of amides is 6. The van der Waals surface area contributed by atoms with E-state index in [1.165, 1.54) is 0 Å². The number of nitrogens with zero attached hydrogens (tertiary/aromatic N) is 6. The van der Waals surface area contributed by atoms with Crippen molar-refractivity contribution in [3.63, 3.8) is 0 Å². The molecule has 6 amide bonds. The van der Waals surface area contributed by atoms with Crippen LogP contribution in [0.2, 0.25) is 0 Å². The third kappa shape index (κ3) is 25.5. The zero-order chi connectivity index (χ0) is 53.1. The van der Waals surface area contributed by atoms with E-state index in [1.807, 2.05) is 41.5 Å². The zero-order valence-electron chi connectivity index (χ0n) is 42.8. The highest BCUT2D eigenvalue weighted by Crippen LogP contribution is 2.29. The molecular formula is C44H81N11O13. The number of carboxylic acid groups (broad SMARTS) is 2. The Kier molecular flexibility index (Phi) is 25.7. The fourth-order valence-corrected chi connectivity index (χ4v) is 7.38. The molecule has 0 heterocycles. The molecule has 0 spiro atoms. The van der Waals surface area contributed by atoms with Gasteiger partial charge in [-0.1, -0.05) is 5.11 Å². The summed E-state index contributed by atoms with van der Waals surface area (Å²) in [6.45, 7) is 16.2. The van der Waals surface area contributed by atoms with Gasteiger partial charge in [-0.05, 0) is 126 Å². The lowest BCUT2D eigenvalue weighted by Gasteiger charge is -2.35. The lowest BCUT2D eigenvalue weighted by molar-refractivity contribution is -0.159. The van der Waals surface area contributed by atoms with Crippen LogP contribution in [0.1, 0.15) is 120 Å². The van der Waals surface area contributed by atoms with Crippen LogP contribution < -0.4 is 27.4 Å². The first-order chi connectivity index (χ1) is 31.0. The van der Waals surface area contributed by atoms with Crippen molar-refractivity contribution in [2.75, 3.05) is 42.3 Å². The Morgan fingerprint density at radius 1 is 0.515 bits per heavy atom. The molecule has 0 saturated heterocycles. The van der Waals surface area contributed by atoms with Gasteiger partial charge in [-0.2, -0.15) is 0 Å². The number of alkyl carbamates (subject to hydrolysis) is 3. The number of carbonyl (C=O) groups is 8. The van der Waals surface area contributed by atoms with E-state index in [4.69, 9.17) is 51.0 Å². The summed E-state index contributed by atoms with van der Waals surface area (Å²) in [5, 5.41) is 26.8. The van der Waals surface area contributed by atoms with Gasteiger partial charge in [0.15, 0.2) is 0 Å². The number of nitrogens with two attached hydrogens (primary N) is 2. The maximum Gasteiger partial charge on any atom is 0.414 e. The number of rotatable bonds is 7. The van der Waals surface area contributed by atoms with Crippen molar-refractivity contribution in [2.45, 2.75) is 173 Å². The minimum Gasteiger partial charge on any atom is -0.473 e.